The highest BCUT2D eigenvalue weighted by Crippen LogP contribution is 2.41. The number of allylic oxidation sites excluding steroid dienone is 1. The SMILES string of the molecule is CCc1c2c(nc3ccc(OC(=O)N(C)CCN(C)C(=O)O[C@H]4/C=C\CC[C@@](C)(C(=O)N[C@@H](CC(=O)O)C(=O)O)CC4)cc13)-c1cc3c(c(=O)n1C2)COC(=O)[C@]3(O)CC. The van der Waals surface area contributed by atoms with Crippen molar-refractivity contribution in [2.45, 2.75) is 96.6 Å². The van der Waals surface area contributed by atoms with Crippen LogP contribution in [-0.4, -0.2) is 110 Å². The van der Waals surface area contributed by atoms with Crippen LogP contribution in [0.5, 0.6) is 5.75 Å². The van der Waals surface area contributed by atoms with E-state index in [-0.39, 0.29) is 67.9 Å². The number of amides is 3. The maximum Gasteiger partial charge on any atom is 0.415 e. The number of nitrogens with zero attached hydrogens (tertiary/aromatic N) is 4. The lowest BCUT2D eigenvalue weighted by atomic mass is 9.77. The summed E-state index contributed by atoms with van der Waals surface area (Å²) in [7, 11) is 3.04. The molecule has 320 valence electrons. The molecule has 4 heterocycles. The van der Waals surface area contributed by atoms with Crippen molar-refractivity contribution in [2.75, 3.05) is 27.2 Å². The van der Waals surface area contributed by atoms with Crippen LogP contribution >= 0.6 is 0 Å². The highest BCUT2D eigenvalue weighted by Gasteiger charge is 2.45. The first-order valence-electron chi connectivity index (χ1n) is 19.8. The van der Waals surface area contributed by atoms with E-state index >= 15 is 0 Å². The van der Waals surface area contributed by atoms with E-state index in [0.717, 1.165) is 16.5 Å². The topological polar surface area (TPSA) is 244 Å². The molecule has 60 heavy (non-hydrogen) atoms. The Morgan fingerprint density at radius 2 is 1.75 bits per heavy atom. The van der Waals surface area contributed by atoms with E-state index in [0.29, 0.717) is 36.2 Å². The number of aliphatic hydroxyl groups is 1. The van der Waals surface area contributed by atoms with E-state index in [4.69, 9.17) is 24.3 Å². The number of fused-ring (bicyclic) bond motifs is 5. The van der Waals surface area contributed by atoms with Crippen molar-refractivity contribution in [2.24, 2.45) is 5.41 Å². The second-order valence-corrected chi connectivity index (χ2v) is 15.7. The molecule has 1 aromatic carbocycles. The quantitative estimate of drug-likeness (QED) is 0.118. The summed E-state index contributed by atoms with van der Waals surface area (Å²) in [6, 6.07) is 5.12. The molecule has 3 aliphatic rings. The molecule has 3 aromatic rings. The van der Waals surface area contributed by atoms with Gasteiger partial charge >= 0.3 is 30.1 Å². The third kappa shape index (κ3) is 8.41. The van der Waals surface area contributed by atoms with Crippen molar-refractivity contribution in [3.63, 3.8) is 0 Å². The van der Waals surface area contributed by atoms with Crippen molar-refractivity contribution in [3.05, 3.63) is 69.0 Å². The van der Waals surface area contributed by atoms with Gasteiger partial charge in [-0.05, 0) is 74.4 Å². The van der Waals surface area contributed by atoms with Crippen LogP contribution in [0.3, 0.4) is 0 Å². The number of carbonyl (C=O) groups is 6. The molecule has 4 atom stereocenters. The number of carbonyl (C=O) groups excluding carboxylic acids is 4. The molecule has 0 unspecified atom stereocenters. The number of cyclic esters (lactones) is 1. The number of benzene rings is 1. The second kappa shape index (κ2) is 17.1. The van der Waals surface area contributed by atoms with Gasteiger partial charge in [0.1, 0.15) is 24.5 Å². The molecule has 4 N–H and O–H groups in total. The molecule has 1 aliphatic carbocycles. The van der Waals surface area contributed by atoms with E-state index in [1.165, 1.54) is 23.9 Å². The molecule has 3 amide bonds. The first kappa shape index (κ1) is 43.3. The Kier molecular flexibility index (Phi) is 12.4. The summed E-state index contributed by atoms with van der Waals surface area (Å²) in [5, 5.41) is 32.7. The Labute approximate surface area is 344 Å². The van der Waals surface area contributed by atoms with E-state index in [1.54, 1.807) is 54.8 Å². The number of likely N-dealkylation sites (N-methyl/N-ethyl adjacent to an activating group) is 2. The zero-order valence-electron chi connectivity index (χ0n) is 34.1. The van der Waals surface area contributed by atoms with Crippen LogP contribution in [-0.2, 0) is 53.8 Å². The van der Waals surface area contributed by atoms with Crippen molar-refractivity contribution in [3.8, 4) is 17.1 Å². The molecule has 2 aromatic heterocycles. The molecule has 0 fully saturated rings. The molecule has 0 radical (unpaired) electrons. The molecule has 18 nitrogen and oxygen atoms in total. The number of nitrogens with one attached hydrogen (secondary N) is 1. The summed E-state index contributed by atoms with van der Waals surface area (Å²) < 4.78 is 18.2. The van der Waals surface area contributed by atoms with Crippen molar-refractivity contribution in [1.82, 2.24) is 24.7 Å². The molecular formula is C42H49N5O13. The molecule has 6 rings (SSSR count). The van der Waals surface area contributed by atoms with Crippen LogP contribution in [0.25, 0.3) is 22.3 Å². The number of aryl methyl sites for hydroxylation is 1. The molecule has 0 saturated heterocycles. The van der Waals surface area contributed by atoms with Gasteiger partial charge in [-0.25, -0.2) is 24.2 Å². The third-order valence-electron chi connectivity index (χ3n) is 11.7. The van der Waals surface area contributed by atoms with Gasteiger partial charge in [0.05, 0.1) is 35.4 Å². The Balaban J connectivity index is 1.07. The second-order valence-electron chi connectivity index (χ2n) is 15.7. The fourth-order valence-corrected chi connectivity index (χ4v) is 7.85. The van der Waals surface area contributed by atoms with Crippen molar-refractivity contribution in [1.29, 1.82) is 0 Å². The first-order chi connectivity index (χ1) is 28.4. The number of pyridine rings is 2. The zero-order valence-corrected chi connectivity index (χ0v) is 34.1. The monoisotopic (exact) mass is 831 g/mol. The average Bonchev–Trinajstić information content (AvgIpc) is 3.57. The van der Waals surface area contributed by atoms with Gasteiger partial charge in [-0.1, -0.05) is 26.8 Å². The Bertz CT molecular complexity index is 2360. The maximum atomic E-state index is 13.7. The van der Waals surface area contributed by atoms with Crippen LogP contribution in [0.4, 0.5) is 9.59 Å². The summed E-state index contributed by atoms with van der Waals surface area (Å²) >= 11 is 0. The lowest BCUT2D eigenvalue weighted by Crippen LogP contribution is -2.48. The summed E-state index contributed by atoms with van der Waals surface area (Å²) in [6.45, 7) is 5.45. The number of ether oxygens (including phenoxy) is 3. The first-order valence-corrected chi connectivity index (χ1v) is 19.8. The van der Waals surface area contributed by atoms with Crippen LogP contribution < -0.4 is 15.6 Å². The highest BCUT2D eigenvalue weighted by molar-refractivity contribution is 5.91. The van der Waals surface area contributed by atoms with E-state index in [9.17, 15) is 43.8 Å². The minimum absolute atomic E-state index is 0.0316. The van der Waals surface area contributed by atoms with Gasteiger partial charge < -0.3 is 49.2 Å². The minimum atomic E-state index is -1.94. The van der Waals surface area contributed by atoms with Crippen molar-refractivity contribution < 1.29 is 58.3 Å². The third-order valence-corrected chi connectivity index (χ3v) is 11.7. The number of carboxylic acids is 2. The van der Waals surface area contributed by atoms with Gasteiger partial charge in [0, 0.05) is 49.1 Å². The van der Waals surface area contributed by atoms with Gasteiger partial charge in [-0.3, -0.25) is 14.4 Å². The van der Waals surface area contributed by atoms with E-state index < -0.39 is 65.6 Å². The summed E-state index contributed by atoms with van der Waals surface area (Å²) in [5.41, 5.74) is 0.493. The van der Waals surface area contributed by atoms with Crippen molar-refractivity contribution >= 4 is 46.9 Å². The number of hydrogen-bond acceptors (Lipinski definition) is 12. The lowest BCUT2D eigenvalue weighted by Gasteiger charge is -2.32. The minimum Gasteiger partial charge on any atom is -0.481 e. The lowest BCUT2D eigenvalue weighted by molar-refractivity contribution is -0.172. The number of aromatic nitrogens is 2. The number of esters is 1. The Morgan fingerprint density at radius 1 is 1.03 bits per heavy atom. The molecule has 18 heteroatoms. The highest BCUT2D eigenvalue weighted by atomic mass is 16.6. The molecular weight excluding hydrogens is 782 g/mol. The van der Waals surface area contributed by atoms with Crippen LogP contribution in [0.1, 0.15) is 81.5 Å². The van der Waals surface area contributed by atoms with Gasteiger partial charge in [0.25, 0.3) is 5.56 Å². The zero-order chi connectivity index (χ0) is 43.7. The number of aliphatic carboxylic acids is 2. The largest absolute Gasteiger partial charge is 0.481 e. The predicted octanol–water partition coefficient (Wildman–Crippen LogP) is 3.69. The molecule has 2 aliphatic heterocycles. The maximum absolute atomic E-state index is 13.7. The van der Waals surface area contributed by atoms with Gasteiger partial charge in [0.2, 0.25) is 5.91 Å². The molecule has 0 saturated carbocycles. The van der Waals surface area contributed by atoms with Crippen LogP contribution in [0, 0.1) is 5.41 Å². The van der Waals surface area contributed by atoms with Crippen LogP contribution in [0.2, 0.25) is 0 Å². The normalized spacial score (nSPS) is 21.5. The van der Waals surface area contributed by atoms with Gasteiger partial charge in [0.15, 0.2) is 5.60 Å². The van der Waals surface area contributed by atoms with Crippen LogP contribution in [0.15, 0.2) is 41.2 Å². The average molecular weight is 832 g/mol. The standard InChI is InChI=1S/C42H49N5O13/c1-6-25-26-18-24(11-12-30(26)43-34-27(25)21-47-32(34)19-29-28(35(47)50)22-58-38(54)42(29,57)7-2)60-40(56)46(5)17-16-45(4)39(55)59-23-10-8-9-14-41(3,15-13-23)37(53)44-31(36(51)52)20-33(48)49/h8,10-12,18-19,23,31,57H,6-7,9,13-17,20-22H2,1-5H3,(H,44,53)(H,48,49)(H,51,52)/b10-8-/t23-,31-,41+,42-/m0/s1. The number of carboxylic acid groups (broad SMARTS) is 2. The van der Waals surface area contributed by atoms with Gasteiger partial charge in [-0.15, -0.1) is 0 Å². The summed E-state index contributed by atoms with van der Waals surface area (Å²) in [5.74, 6) is -3.94. The smallest absolute Gasteiger partial charge is 0.415 e. The predicted molar refractivity (Wildman–Crippen MR) is 213 cm³/mol. The Morgan fingerprint density at radius 3 is 2.42 bits per heavy atom. The van der Waals surface area contributed by atoms with Gasteiger partial charge in [-0.2, -0.15) is 0 Å². The fraction of sp³-hybridized carbons (Fsp3) is 0.476. The molecule has 0 bridgehead atoms. The molecule has 0 spiro atoms. The van der Waals surface area contributed by atoms with E-state index in [2.05, 4.69) is 5.32 Å². The summed E-state index contributed by atoms with van der Waals surface area (Å²) in [4.78, 5) is 95.7. The summed E-state index contributed by atoms with van der Waals surface area (Å²) in [6.07, 6.45) is 2.61. The number of rotatable bonds is 12. The van der Waals surface area contributed by atoms with E-state index in [1.807, 2.05) is 6.92 Å². The fourth-order valence-electron chi connectivity index (χ4n) is 7.85. The number of hydrogen-bond donors (Lipinski definition) is 4. The Hall–Kier alpha value is -6.30.